The van der Waals surface area contributed by atoms with Crippen LogP contribution in [0.4, 0.5) is 14.5 Å². The smallest absolute Gasteiger partial charge is 0.339 e. The van der Waals surface area contributed by atoms with Crippen molar-refractivity contribution in [1.82, 2.24) is 0 Å². The van der Waals surface area contributed by atoms with Crippen molar-refractivity contribution in [3.05, 3.63) is 64.7 Å². The number of hydrogen-bond acceptors (Lipinski definition) is 4. The highest BCUT2D eigenvalue weighted by molar-refractivity contribution is 5.95. The molecule has 0 aromatic heterocycles. The van der Waals surface area contributed by atoms with E-state index in [0.717, 1.165) is 29.9 Å². The van der Waals surface area contributed by atoms with Crippen molar-refractivity contribution in [3.8, 4) is 0 Å². The first-order chi connectivity index (χ1) is 12.0. The minimum atomic E-state index is -0.912. The molecule has 130 valence electrons. The molecule has 0 aliphatic carbocycles. The highest BCUT2D eigenvalue weighted by atomic mass is 19.2. The van der Waals surface area contributed by atoms with E-state index in [4.69, 9.17) is 4.74 Å². The lowest BCUT2D eigenvalue weighted by atomic mass is 9.98. The molecule has 6 heteroatoms. The average molecular weight is 345 g/mol. The summed E-state index contributed by atoms with van der Waals surface area (Å²) in [6.07, 6.45) is 0.143. The van der Waals surface area contributed by atoms with Crippen LogP contribution >= 0.6 is 0 Å². The van der Waals surface area contributed by atoms with Gasteiger partial charge in [0.05, 0.1) is 11.7 Å². The van der Waals surface area contributed by atoms with E-state index in [2.05, 4.69) is 0 Å². The maximum absolute atomic E-state index is 13.4. The molecule has 1 fully saturated rings. The number of esters is 1. The van der Waals surface area contributed by atoms with Crippen molar-refractivity contribution in [2.75, 3.05) is 18.0 Å². The zero-order valence-corrected chi connectivity index (χ0v) is 13.4. The van der Waals surface area contributed by atoms with Gasteiger partial charge in [-0.1, -0.05) is 12.1 Å². The van der Waals surface area contributed by atoms with Gasteiger partial charge in [-0.25, -0.2) is 13.6 Å². The molecular formula is C19H17F2NO3. The fourth-order valence-electron chi connectivity index (χ4n) is 3.46. The molecule has 25 heavy (non-hydrogen) atoms. The number of carbonyl (C=O) groups excluding carboxylic acids is 1. The van der Waals surface area contributed by atoms with Gasteiger partial charge in [0, 0.05) is 30.8 Å². The topological polar surface area (TPSA) is 49.8 Å². The van der Waals surface area contributed by atoms with Crippen LogP contribution in [-0.4, -0.2) is 30.3 Å². The quantitative estimate of drug-likeness (QED) is 0.869. The number of fused-ring (bicyclic) bond motifs is 1. The molecule has 2 aliphatic heterocycles. The predicted molar refractivity (Wildman–Crippen MR) is 87.5 cm³/mol. The summed E-state index contributed by atoms with van der Waals surface area (Å²) in [4.78, 5) is 14.2. The third kappa shape index (κ3) is 2.98. The van der Waals surface area contributed by atoms with Gasteiger partial charge in [-0.05, 0) is 36.2 Å². The number of carbonyl (C=O) groups is 1. The number of anilines is 1. The van der Waals surface area contributed by atoms with Crippen LogP contribution in [0.2, 0.25) is 0 Å². The van der Waals surface area contributed by atoms with E-state index in [1.165, 1.54) is 6.07 Å². The van der Waals surface area contributed by atoms with Crippen LogP contribution in [0.15, 0.2) is 36.4 Å². The Kier molecular flexibility index (Phi) is 3.92. The van der Waals surface area contributed by atoms with E-state index in [-0.39, 0.29) is 12.5 Å². The number of cyclic esters (lactones) is 1. The molecule has 0 bridgehead atoms. The highest BCUT2D eigenvalue weighted by Gasteiger charge is 2.32. The second kappa shape index (κ2) is 6.11. The first-order valence-corrected chi connectivity index (χ1v) is 8.23. The third-order valence-corrected chi connectivity index (χ3v) is 4.79. The molecule has 2 aliphatic rings. The number of β-amino-alcohol motifs (C(OH)–C–C–N with tert-alkyl or cyclic N) is 1. The SMILES string of the molecule is O=C1OC(Cc2ccc(F)c(F)c2)c2ccc(N3CC[C@H](O)C3)cc21. The number of ether oxygens (including phenoxy) is 1. The lowest BCUT2D eigenvalue weighted by Gasteiger charge is -2.18. The van der Waals surface area contributed by atoms with Crippen molar-refractivity contribution in [3.63, 3.8) is 0 Å². The van der Waals surface area contributed by atoms with Gasteiger partial charge in [0.25, 0.3) is 0 Å². The van der Waals surface area contributed by atoms with Crippen LogP contribution in [0.1, 0.15) is 34.0 Å². The van der Waals surface area contributed by atoms with Gasteiger partial charge in [-0.3, -0.25) is 0 Å². The fourth-order valence-corrected chi connectivity index (χ4v) is 3.46. The molecule has 1 unspecified atom stereocenters. The number of aliphatic hydroxyl groups is 1. The van der Waals surface area contributed by atoms with E-state index in [1.54, 1.807) is 6.07 Å². The van der Waals surface area contributed by atoms with Crippen LogP contribution < -0.4 is 4.90 Å². The van der Waals surface area contributed by atoms with Crippen molar-refractivity contribution in [2.45, 2.75) is 25.0 Å². The van der Waals surface area contributed by atoms with E-state index in [1.807, 2.05) is 17.0 Å². The summed E-state index contributed by atoms with van der Waals surface area (Å²) in [5, 5.41) is 9.66. The second-order valence-electron chi connectivity index (χ2n) is 6.51. The van der Waals surface area contributed by atoms with E-state index < -0.39 is 23.7 Å². The molecule has 2 atom stereocenters. The Balaban J connectivity index is 1.58. The summed E-state index contributed by atoms with van der Waals surface area (Å²) in [5.41, 5.74) is 2.68. The molecule has 4 rings (SSSR count). The van der Waals surface area contributed by atoms with Gasteiger partial charge in [-0.2, -0.15) is 0 Å². The number of benzene rings is 2. The second-order valence-corrected chi connectivity index (χ2v) is 6.51. The summed E-state index contributed by atoms with van der Waals surface area (Å²) < 4.78 is 31.8. The summed E-state index contributed by atoms with van der Waals surface area (Å²) in [6, 6.07) is 9.21. The van der Waals surface area contributed by atoms with Crippen LogP contribution in [0.25, 0.3) is 0 Å². The normalized spacial score (nSPS) is 22.2. The molecule has 0 radical (unpaired) electrons. The Bertz CT molecular complexity index is 839. The summed E-state index contributed by atoms with van der Waals surface area (Å²) in [7, 11) is 0. The lowest BCUT2D eigenvalue weighted by Crippen LogP contribution is -2.21. The lowest BCUT2D eigenvalue weighted by molar-refractivity contribution is 0.0387. The maximum Gasteiger partial charge on any atom is 0.339 e. The minimum Gasteiger partial charge on any atom is -0.454 e. The molecule has 0 amide bonds. The van der Waals surface area contributed by atoms with Gasteiger partial charge in [0.15, 0.2) is 11.6 Å². The molecule has 0 spiro atoms. The Morgan fingerprint density at radius 2 is 2.00 bits per heavy atom. The molecule has 2 aromatic carbocycles. The molecule has 2 heterocycles. The number of hydrogen-bond donors (Lipinski definition) is 1. The van der Waals surface area contributed by atoms with Crippen molar-refractivity contribution in [2.24, 2.45) is 0 Å². The minimum absolute atomic E-state index is 0.289. The van der Waals surface area contributed by atoms with Gasteiger partial charge in [-0.15, -0.1) is 0 Å². The fraction of sp³-hybridized carbons (Fsp3) is 0.316. The first-order valence-electron chi connectivity index (χ1n) is 8.23. The molecule has 4 nitrogen and oxygen atoms in total. The van der Waals surface area contributed by atoms with Crippen LogP contribution in [-0.2, 0) is 11.2 Å². The van der Waals surface area contributed by atoms with Crippen molar-refractivity contribution >= 4 is 11.7 Å². The van der Waals surface area contributed by atoms with Crippen LogP contribution in [0, 0.1) is 11.6 Å². The maximum atomic E-state index is 13.4. The molecule has 1 N–H and O–H groups in total. The largest absolute Gasteiger partial charge is 0.454 e. The zero-order chi connectivity index (χ0) is 17.6. The van der Waals surface area contributed by atoms with Crippen molar-refractivity contribution < 1.29 is 23.4 Å². The van der Waals surface area contributed by atoms with E-state index in [9.17, 15) is 18.7 Å². The third-order valence-electron chi connectivity index (χ3n) is 4.79. The summed E-state index contributed by atoms with van der Waals surface area (Å²) in [5.74, 6) is -2.22. The number of halogens is 2. The Hall–Kier alpha value is -2.47. The first kappa shape index (κ1) is 16.0. The van der Waals surface area contributed by atoms with Gasteiger partial charge in [0.2, 0.25) is 0 Å². The molecular weight excluding hydrogens is 328 g/mol. The average Bonchev–Trinajstić information content (AvgIpc) is 3.15. The Morgan fingerprint density at radius 3 is 2.72 bits per heavy atom. The molecule has 2 aromatic rings. The zero-order valence-electron chi connectivity index (χ0n) is 13.4. The van der Waals surface area contributed by atoms with Crippen molar-refractivity contribution in [1.29, 1.82) is 0 Å². The monoisotopic (exact) mass is 345 g/mol. The van der Waals surface area contributed by atoms with Gasteiger partial charge >= 0.3 is 5.97 Å². The summed E-state index contributed by atoms with van der Waals surface area (Å²) in [6.45, 7) is 1.29. The Labute approximate surface area is 143 Å². The highest BCUT2D eigenvalue weighted by Crippen LogP contribution is 2.36. The Morgan fingerprint density at radius 1 is 1.16 bits per heavy atom. The summed E-state index contributed by atoms with van der Waals surface area (Å²) >= 11 is 0. The van der Waals surface area contributed by atoms with Gasteiger partial charge in [0.1, 0.15) is 6.10 Å². The molecule has 1 saturated heterocycles. The standard InChI is InChI=1S/C19H17F2NO3/c20-16-4-1-11(7-17(16)21)8-18-14-3-2-12(9-15(14)19(24)25-18)22-6-5-13(23)10-22/h1-4,7,9,13,18,23H,5-6,8,10H2/t13-,18?/m0/s1. The van der Waals surface area contributed by atoms with Crippen LogP contribution in [0.5, 0.6) is 0 Å². The molecule has 0 saturated carbocycles. The number of rotatable bonds is 3. The van der Waals surface area contributed by atoms with E-state index >= 15 is 0 Å². The number of nitrogens with zero attached hydrogens (tertiary/aromatic N) is 1. The van der Waals surface area contributed by atoms with E-state index in [0.29, 0.717) is 24.1 Å². The van der Waals surface area contributed by atoms with Crippen LogP contribution in [0.3, 0.4) is 0 Å². The predicted octanol–water partition coefficient (Wildman–Crippen LogP) is 2.99. The van der Waals surface area contributed by atoms with Gasteiger partial charge < -0.3 is 14.7 Å². The number of aliphatic hydroxyl groups excluding tert-OH is 1.